The molecule has 0 aliphatic carbocycles. The molecule has 0 rings (SSSR count). The lowest BCUT2D eigenvalue weighted by Crippen LogP contribution is -2.47. The Morgan fingerprint density at radius 3 is 2.40 bits per heavy atom. The topological polar surface area (TPSA) is 58.4 Å². The first kappa shape index (κ1) is 14.4. The molecular formula is C11H25N3O. The van der Waals surface area contributed by atoms with Crippen molar-refractivity contribution in [3.8, 4) is 0 Å². The number of carbonyl (C=O) groups is 1. The van der Waals surface area contributed by atoms with E-state index in [9.17, 15) is 4.79 Å². The van der Waals surface area contributed by atoms with Crippen LogP contribution in [0, 0.1) is 5.41 Å². The SMILES string of the molecule is CCCCN(CC)CC(C)(C)C(=O)NN. The lowest BCUT2D eigenvalue weighted by atomic mass is 9.91. The maximum atomic E-state index is 11.5. The Morgan fingerprint density at radius 1 is 1.40 bits per heavy atom. The summed E-state index contributed by atoms with van der Waals surface area (Å²) >= 11 is 0. The molecule has 0 saturated carbocycles. The summed E-state index contributed by atoms with van der Waals surface area (Å²) in [5, 5.41) is 0. The Labute approximate surface area is 93.2 Å². The van der Waals surface area contributed by atoms with Gasteiger partial charge in [-0.15, -0.1) is 0 Å². The van der Waals surface area contributed by atoms with Crippen molar-refractivity contribution in [2.75, 3.05) is 19.6 Å². The highest BCUT2D eigenvalue weighted by Crippen LogP contribution is 2.17. The lowest BCUT2D eigenvalue weighted by molar-refractivity contribution is -0.130. The number of hydrogen-bond donors (Lipinski definition) is 2. The molecule has 0 aliphatic heterocycles. The molecule has 1 amide bonds. The molecule has 0 atom stereocenters. The van der Waals surface area contributed by atoms with Gasteiger partial charge in [-0.3, -0.25) is 10.2 Å². The van der Waals surface area contributed by atoms with Crippen molar-refractivity contribution in [3.63, 3.8) is 0 Å². The zero-order chi connectivity index (χ0) is 11.9. The van der Waals surface area contributed by atoms with Crippen LogP contribution in [0.1, 0.15) is 40.5 Å². The van der Waals surface area contributed by atoms with Crippen molar-refractivity contribution in [1.29, 1.82) is 0 Å². The predicted octanol–water partition coefficient (Wildman–Crippen LogP) is 1.12. The molecule has 0 heterocycles. The molecular weight excluding hydrogens is 190 g/mol. The molecule has 4 nitrogen and oxygen atoms in total. The van der Waals surface area contributed by atoms with Crippen LogP contribution < -0.4 is 11.3 Å². The van der Waals surface area contributed by atoms with Gasteiger partial charge in [0.1, 0.15) is 0 Å². The molecule has 0 aromatic rings. The summed E-state index contributed by atoms with van der Waals surface area (Å²) in [5.41, 5.74) is 1.81. The number of nitrogens with one attached hydrogen (secondary N) is 1. The van der Waals surface area contributed by atoms with E-state index in [0.717, 1.165) is 19.6 Å². The summed E-state index contributed by atoms with van der Waals surface area (Å²) in [6.45, 7) is 10.9. The van der Waals surface area contributed by atoms with Crippen LogP contribution in [0.3, 0.4) is 0 Å². The van der Waals surface area contributed by atoms with Gasteiger partial charge in [-0.2, -0.15) is 0 Å². The Hall–Kier alpha value is -0.610. The van der Waals surface area contributed by atoms with E-state index in [1.165, 1.54) is 12.8 Å². The molecule has 15 heavy (non-hydrogen) atoms. The Bertz CT molecular complexity index is 192. The Kier molecular flexibility index (Phi) is 6.52. The van der Waals surface area contributed by atoms with Crippen molar-refractivity contribution in [1.82, 2.24) is 10.3 Å². The number of rotatable bonds is 7. The zero-order valence-electron chi connectivity index (χ0n) is 10.5. The molecule has 90 valence electrons. The van der Waals surface area contributed by atoms with Gasteiger partial charge in [-0.1, -0.05) is 20.3 Å². The summed E-state index contributed by atoms with van der Waals surface area (Å²) in [6, 6.07) is 0. The highest BCUT2D eigenvalue weighted by molar-refractivity contribution is 5.81. The van der Waals surface area contributed by atoms with E-state index >= 15 is 0 Å². The molecule has 4 heteroatoms. The number of unbranched alkanes of at least 4 members (excludes halogenated alkanes) is 1. The van der Waals surface area contributed by atoms with Crippen LogP contribution in [0.15, 0.2) is 0 Å². The standard InChI is InChI=1S/C11H25N3O/c1-5-7-8-14(6-2)9-11(3,4)10(15)13-12/h5-9,12H2,1-4H3,(H,13,15). The van der Waals surface area contributed by atoms with Crippen molar-refractivity contribution in [2.24, 2.45) is 11.3 Å². The Balaban J connectivity index is 4.20. The maximum absolute atomic E-state index is 11.5. The van der Waals surface area contributed by atoms with Crippen LogP contribution in [-0.4, -0.2) is 30.4 Å². The fourth-order valence-corrected chi connectivity index (χ4v) is 1.56. The Morgan fingerprint density at radius 2 is 2.00 bits per heavy atom. The summed E-state index contributed by atoms with van der Waals surface area (Å²) in [7, 11) is 0. The highest BCUT2D eigenvalue weighted by Gasteiger charge is 2.28. The number of amides is 1. The van der Waals surface area contributed by atoms with Gasteiger partial charge >= 0.3 is 0 Å². The average Bonchev–Trinajstić information content (AvgIpc) is 2.22. The molecule has 0 unspecified atom stereocenters. The number of hydrogen-bond acceptors (Lipinski definition) is 3. The van der Waals surface area contributed by atoms with Crippen LogP contribution in [-0.2, 0) is 4.79 Å². The van der Waals surface area contributed by atoms with Gasteiger partial charge in [0.15, 0.2) is 0 Å². The summed E-state index contributed by atoms with van der Waals surface area (Å²) in [6.07, 6.45) is 2.36. The quantitative estimate of drug-likeness (QED) is 0.380. The fourth-order valence-electron chi connectivity index (χ4n) is 1.56. The molecule has 0 bridgehead atoms. The van der Waals surface area contributed by atoms with E-state index in [1.54, 1.807) is 0 Å². The smallest absolute Gasteiger partial charge is 0.240 e. The molecule has 0 saturated heterocycles. The summed E-state index contributed by atoms with van der Waals surface area (Å²) in [5.74, 6) is 5.06. The van der Waals surface area contributed by atoms with Crippen molar-refractivity contribution in [2.45, 2.75) is 40.5 Å². The van der Waals surface area contributed by atoms with E-state index in [-0.39, 0.29) is 5.91 Å². The zero-order valence-corrected chi connectivity index (χ0v) is 10.5. The first-order chi connectivity index (χ1) is 6.97. The second-order valence-corrected chi connectivity index (χ2v) is 4.58. The van der Waals surface area contributed by atoms with Gasteiger partial charge in [0, 0.05) is 6.54 Å². The van der Waals surface area contributed by atoms with Gasteiger partial charge in [-0.05, 0) is 33.4 Å². The van der Waals surface area contributed by atoms with Gasteiger partial charge in [-0.25, -0.2) is 5.84 Å². The van der Waals surface area contributed by atoms with E-state index in [4.69, 9.17) is 5.84 Å². The highest BCUT2D eigenvalue weighted by atomic mass is 16.2. The van der Waals surface area contributed by atoms with Crippen LogP contribution in [0.5, 0.6) is 0 Å². The average molecular weight is 215 g/mol. The monoisotopic (exact) mass is 215 g/mol. The number of hydrazine groups is 1. The molecule has 0 radical (unpaired) electrons. The lowest BCUT2D eigenvalue weighted by Gasteiger charge is -2.30. The third-order valence-corrected chi connectivity index (χ3v) is 2.64. The van der Waals surface area contributed by atoms with Gasteiger partial charge < -0.3 is 4.90 Å². The molecule has 0 aliphatic rings. The van der Waals surface area contributed by atoms with E-state index in [1.807, 2.05) is 13.8 Å². The molecule has 0 aromatic carbocycles. The first-order valence-corrected chi connectivity index (χ1v) is 5.71. The fraction of sp³-hybridized carbons (Fsp3) is 0.909. The summed E-state index contributed by atoms with van der Waals surface area (Å²) in [4.78, 5) is 13.8. The molecule has 3 N–H and O–H groups in total. The third kappa shape index (κ3) is 5.14. The molecule has 0 spiro atoms. The van der Waals surface area contributed by atoms with Crippen LogP contribution in [0.25, 0.3) is 0 Å². The minimum absolute atomic E-state index is 0.0996. The number of nitrogens with zero attached hydrogens (tertiary/aromatic N) is 1. The van der Waals surface area contributed by atoms with Crippen molar-refractivity contribution < 1.29 is 4.79 Å². The van der Waals surface area contributed by atoms with Crippen LogP contribution in [0.4, 0.5) is 0 Å². The van der Waals surface area contributed by atoms with Crippen LogP contribution in [0.2, 0.25) is 0 Å². The normalized spacial score (nSPS) is 11.9. The van der Waals surface area contributed by atoms with Crippen molar-refractivity contribution >= 4 is 5.91 Å². The van der Waals surface area contributed by atoms with Crippen LogP contribution >= 0.6 is 0 Å². The van der Waals surface area contributed by atoms with Gasteiger partial charge in [0.2, 0.25) is 5.91 Å². The number of carbonyl (C=O) groups excluding carboxylic acids is 1. The van der Waals surface area contributed by atoms with E-state index < -0.39 is 5.41 Å². The second kappa shape index (κ2) is 6.80. The third-order valence-electron chi connectivity index (χ3n) is 2.64. The van der Waals surface area contributed by atoms with Gasteiger partial charge in [0.05, 0.1) is 5.41 Å². The molecule has 0 fully saturated rings. The summed E-state index contributed by atoms with van der Waals surface area (Å²) < 4.78 is 0. The van der Waals surface area contributed by atoms with Crippen molar-refractivity contribution in [3.05, 3.63) is 0 Å². The first-order valence-electron chi connectivity index (χ1n) is 5.71. The largest absolute Gasteiger partial charge is 0.303 e. The minimum Gasteiger partial charge on any atom is -0.303 e. The second-order valence-electron chi connectivity index (χ2n) is 4.58. The van der Waals surface area contributed by atoms with Gasteiger partial charge in [0.25, 0.3) is 0 Å². The van der Waals surface area contributed by atoms with E-state index in [0.29, 0.717) is 0 Å². The number of nitrogens with two attached hydrogens (primary N) is 1. The maximum Gasteiger partial charge on any atom is 0.240 e. The minimum atomic E-state index is -0.418. The van der Waals surface area contributed by atoms with E-state index in [2.05, 4.69) is 24.2 Å². The molecule has 0 aromatic heterocycles. The predicted molar refractivity (Wildman–Crippen MR) is 63.1 cm³/mol.